The van der Waals surface area contributed by atoms with E-state index in [4.69, 9.17) is 0 Å². The third kappa shape index (κ3) is 4.45. The number of hydrogen-bond acceptors (Lipinski definition) is 2. The minimum atomic E-state index is -4.48. The first kappa shape index (κ1) is 20.5. The third-order valence-corrected chi connectivity index (χ3v) is 4.49. The number of hydrogen-bond donors (Lipinski definition) is 1. The van der Waals surface area contributed by atoms with Gasteiger partial charge in [-0.3, -0.25) is 4.79 Å². The van der Waals surface area contributed by atoms with Gasteiger partial charge in [0.25, 0.3) is 5.91 Å². The molecule has 1 amide bonds. The Kier molecular flexibility index (Phi) is 5.68. The zero-order valence-electron chi connectivity index (χ0n) is 15.8. The van der Waals surface area contributed by atoms with Crippen molar-refractivity contribution in [3.8, 4) is 0 Å². The van der Waals surface area contributed by atoms with E-state index in [2.05, 4.69) is 10.3 Å². The number of alkyl halides is 3. The van der Waals surface area contributed by atoms with Crippen LogP contribution in [0.1, 0.15) is 39.7 Å². The average molecular weight is 402 g/mol. The van der Waals surface area contributed by atoms with E-state index < -0.39 is 23.5 Å². The quantitative estimate of drug-likeness (QED) is 0.572. The van der Waals surface area contributed by atoms with Gasteiger partial charge in [-0.2, -0.15) is 13.2 Å². The lowest BCUT2D eigenvalue weighted by molar-refractivity contribution is -0.137. The van der Waals surface area contributed by atoms with Crippen LogP contribution in [0.15, 0.2) is 48.5 Å². The normalized spacial score (nSPS) is 11.9. The maximum atomic E-state index is 13.3. The second-order valence-corrected chi connectivity index (χ2v) is 6.54. The minimum Gasteiger partial charge on any atom is -0.348 e. The van der Waals surface area contributed by atoms with Gasteiger partial charge in [0, 0.05) is 11.9 Å². The van der Waals surface area contributed by atoms with Crippen LogP contribution in [0.25, 0.3) is 17.0 Å². The number of nitrogens with one attached hydrogen (secondary N) is 1. The predicted octanol–water partition coefficient (Wildman–Crippen LogP) is 5.66. The van der Waals surface area contributed by atoms with E-state index in [-0.39, 0.29) is 23.3 Å². The number of allylic oxidation sites excluding steroid dienone is 1. The number of nitrogens with zero attached hydrogens (tertiary/aromatic N) is 1. The molecule has 29 heavy (non-hydrogen) atoms. The van der Waals surface area contributed by atoms with Crippen molar-refractivity contribution in [3.63, 3.8) is 0 Å². The van der Waals surface area contributed by atoms with Gasteiger partial charge in [0.05, 0.1) is 22.3 Å². The van der Waals surface area contributed by atoms with Crippen molar-refractivity contribution in [1.82, 2.24) is 10.3 Å². The molecule has 3 rings (SSSR count). The van der Waals surface area contributed by atoms with Crippen LogP contribution in [0.4, 0.5) is 17.6 Å². The van der Waals surface area contributed by atoms with E-state index in [1.165, 1.54) is 18.2 Å². The molecule has 0 saturated heterocycles. The highest BCUT2D eigenvalue weighted by Crippen LogP contribution is 2.33. The van der Waals surface area contributed by atoms with Crippen LogP contribution in [0.5, 0.6) is 0 Å². The molecule has 1 N–H and O–H groups in total. The third-order valence-electron chi connectivity index (χ3n) is 4.49. The number of aryl methyl sites for hydroxylation is 1. The summed E-state index contributed by atoms with van der Waals surface area (Å²) in [6.07, 6.45) is -1.25. The van der Waals surface area contributed by atoms with E-state index in [1.54, 1.807) is 38.1 Å². The molecule has 0 spiro atoms. The maximum Gasteiger partial charge on any atom is 0.416 e. The summed E-state index contributed by atoms with van der Waals surface area (Å²) < 4.78 is 52.4. The molecule has 150 valence electrons. The molecule has 0 saturated carbocycles. The van der Waals surface area contributed by atoms with Crippen molar-refractivity contribution in [1.29, 1.82) is 0 Å². The number of fused-ring (bicyclic) bond motifs is 1. The van der Waals surface area contributed by atoms with E-state index in [0.717, 1.165) is 12.1 Å². The van der Waals surface area contributed by atoms with Gasteiger partial charge in [-0.1, -0.05) is 24.3 Å². The number of amides is 1. The number of benzene rings is 2. The fraction of sp³-hybridized carbons (Fsp3) is 0.182. The molecule has 2 aromatic carbocycles. The molecule has 0 aliphatic heterocycles. The van der Waals surface area contributed by atoms with Crippen LogP contribution < -0.4 is 5.32 Å². The first-order chi connectivity index (χ1) is 13.7. The number of carbonyl (C=O) groups excluding carboxylic acids is 1. The monoisotopic (exact) mass is 402 g/mol. The summed E-state index contributed by atoms with van der Waals surface area (Å²) in [7, 11) is 0. The molecule has 1 heterocycles. The molecule has 3 aromatic rings. The predicted molar refractivity (Wildman–Crippen MR) is 104 cm³/mol. The molecule has 0 unspecified atom stereocenters. The number of carbonyl (C=O) groups is 1. The summed E-state index contributed by atoms with van der Waals surface area (Å²) in [5.41, 5.74) is 1.01. The fourth-order valence-corrected chi connectivity index (χ4v) is 3.11. The van der Waals surface area contributed by atoms with Gasteiger partial charge in [0.1, 0.15) is 5.82 Å². The first-order valence-corrected chi connectivity index (χ1v) is 8.87. The van der Waals surface area contributed by atoms with Crippen molar-refractivity contribution in [3.05, 3.63) is 82.3 Å². The lowest BCUT2D eigenvalue weighted by atomic mass is 9.99. The Balaban J connectivity index is 2.02. The Morgan fingerprint density at radius 2 is 1.93 bits per heavy atom. The summed E-state index contributed by atoms with van der Waals surface area (Å²) >= 11 is 0. The smallest absolute Gasteiger partial charge is 0.348 e. The van der Waals surface area contributed by atoms with Crippen LogP contribution >= 0.6 is 0 Å². The van der Waals surface area contributed by atoms with E-state index in [9.17, 15) is 22.4 Å². The molecular weight excluding hydrogens is 384 g/mol. The lowest BCUT2D eigenvalue weighted by Crippen LogP contribution is -2.25. The molecule has 0 bridgehead atoms. The summed E-state index contributed by atoms with van der Waals surface area (Å²) in [5, 5.41) is 3.18. The number of halogens is 4. The average Bonchev–Trinajstić information content (AvgIpc) is 2.65. The summed E-state index contributed by atoms with van der Waals surface area (Å²) in [5.74, 6) is -0.843. The van der Waals surface area contributed by atoms with Crippen molar-refractivity contribution in [2.24, 2.45) is 0 Å². The van der Waals surface area contributed by atoms with E-state index in [0.29, 0.717) is 16.5 Å². The molecule has 0 aliphatic rings. The van der Waals surface area contributed by atoms with Gasteiger partial charge in [0.15, 0.2) is 0 Å². The molecule has 0 fully saturated rings. The molecular formula is C22H18F4N2O. The molecule has 0 atom stereocenters. The minimum absolute atomic E-state index is 0.108. The van der Waals surface area contributed by atoms with Crippen LogP contribution in [-0.4, -0.2) is 10.9 Å². The SMILES string of the molecule is CC=Cc1nc2cc(C(F)(F)F)ccc2c(C)c1C(=O)NCc1cccc(F)c1. The standard InChI is InChI=1S/C22H18F4N2O/c1-3-5-18-20(21(29)27-12-14-6-4-7-16(23)10-14)13(2)17-9-8-15(22(24,25)26)11-19(17)28-18/h3-11H,12H2,1-2H3,(H,27,29). The van der Waals surface area contributed by atoms with Gasteiger partial charge < -0.3 is 5.32 Å². The summed E-state index contributed by atoms with van der Waals surface area (Å²) in [4.78, 5) is 17.1. The topological polar surface area (TPSA) is 42.0 Å². The highest BCUT2D eigenvalue weighted by atomic mass is 19.4. The van der Waals surface area contributed by atoms with Crippen molar-refractivity contribution in [2.45, 2.75) is 26.6 Å². The van der Waals surface area contributed by atoms with Crippen molar-refractivity contribution >= 4 is 22.9 Å². The highest BCUT2D eigenvalue weighted by Gasteiger charge is 2.31. The zero-order valence-corrected chi connectivity index (χ0v) is 15.8. The highest BCUT2D eigenvalue weighted by molar-refractivity contribution is 6.03. The molecule has 0 radical (unpaired) electrons. The molecule has 1 aromatic heterocycles. The largest absolute Gasteiger partial charge is 0.416 e. The van der Waals surface area contributed by atoms with Crippen LogP contribution in [0.2, 0.25) is 0 Å². The Bertz CT molecular complexity index is 1100. The summed E-state index contributed by atoms with van der Waals surface area (Å²) in [6.45, 7) is 3.50. The second kappa shape index (κ2) is 8.03. The zero-order chi connectivity index (χ0) is 21.2. The first-order valence-electron chi connectivity index (χ1n) is 8.87. The maximum absolute atomic E-state index is 13.3. The molecule has 0 aliphatic carbocycles. The van der Waals surface area contributed by atoms with Crippen LogP contribution in [0.3, 0.4) is 0 Å². The van der Waals surface area contributed by atoms with Gasteiger partial charge in [-0.15, -0.1) is 0 Å². The lowest BCUT2D eigenvalue weighted by Gasteiger charge is -2.15. The van der Waals surface area contributed by atoms with Crippen molar-refractivity contribution in [2.75, 3.05) is 0 Å². The molecule has 7 heteroatoms. The number of rotatable bonds is 4. The van der Waals surface area contributed by atoms with Crippen LogP contribution in [-0.2, 0) is 12.7 Å². The van der Waals surface area contributed by atoms with E-state index >= 15 is 0 Å². The Hall–Kier alpha value is -3.22. The Labute approximate surface area is 165 Å². The Morgan fingerprint density at radius 3 is 2.59 bits per heavy atom. The van der Waals surface area contributed by atoms with Gasteiger partial charge >= 0.3 is 6.18 Å². The van der Waals surface area contributed by atoms with Gasteiger partial charge in [0.2, 0.25) is 0 Å². The molecule has 3 nitrogen and oxygen atoms in total. The Morgan fingerprint density at radius 1 is 1.17 bits per heavy atom. The fourth-order valence-electron chi connectivity index (χ4n) is 3.11. The van der Waals surface area contributed by atoms with Gasteiger partial charge in [-0.25, -0.2) is 9.37 Å². The second-order valence-electron chi connectivity index (χ2n) is 6.54. The number of pyridine rings is 1. The van der Waals surface area contributed by atoms with Crippen LogP contribution in [0, 0.1) is 12.7 Å². The summed E-state index contributed by atoms with van der Waals surface area (Å²) in [6, 6.07) is 9.12. The van der Waals surface area contributed by atoms with Gasteiger partial charge in [-0.05, 0) is 55.3 Å². The number of aromatic nitrogens is 1. The van der Waals surface area contributed by atoms with E-state index in [1.807, 2.05) is 0 Å². The van der Waals surface area contributed by atoms with Crippen molar-refractivity contribution < 1.29 is 22.4 Å².